The predicted molar refractivity (Wildman–Crippen MR) is 98.0 cm³/mol. The number of fused-ring (bicyclic) bond motifs is 1. The molecule has 1 amide bonds. The highest BCUT2D eigenvalue weighted by atomic mass is 16.2. The SMILES string of the molecule is CN=C(NCC(=O)N1CCCCC1)NC1CCC2CCCCC2C1. The average Bonchev–Trinajstić information content (AvgIpc) is 2.65. The summed E-state index contributed by atoms with van der Waals surface area (Å²) in [6.07, 6.45) is 13.1. The molecule has 5 heteroatoms. The minimum Gasteiger partial charge on any atom is -0.354 e. The summed E-state index contributed by atoms with van der Waals surface area (Å²) in [5.74, 6) is 2.86. The monoisotopic (exact) mass is 334 g/mol. The van der Waals surface area contributed by atoms with Crippen LogP contribution in [0.15, 0.2) is 4.99 Å². The maximum Gasteiger partial charge on any atom is 0.241 e. The van der Waals surface area contributed by atoms with Gasteiger partial charge in [0.05, 0.1) is 6.54 Å². The van der Waals surface area contributed by atoms with Crippen molar-refractivity contribution in [1.82, 2.24) is 15.5 Å². The minimum atomic E-state index is 0.202. The fraction of sp³-hybridized carbons (Fsp3) is 0.895. The summed E-state index contributed by atoms with van der Waals surface area (Å²) >= 11 is 0. The Kier molecular flexibility index (Phi) is 6.38. The first-order valence-corrected chi connectivity index (χ1v) is 10.0. The number of carbonyl (C=O) groups excluding carboxylic acids is 1. The van der Waals surface area contributed by atoms with E-state index in [2.05, 4.69) is 15.6 Å². The number of rotatable bonds is 3. The lowest BCUT2D eigenvalue weighted by atomic mass is 9.69. The van der Waals surface area contributed by atoms with Crippen LogP contribution in [0, 0.1) is 11.8 Å². The topological polar surface area (TPSA) is 56.7 Å². The lowest BCUT2D eigenvalue weighted by Crippen LogP contribution is -2.50. The van der Waals surface area contributed by atoms with Gasteiger partial charge in [0.15, 0.2) is 5.96 Å². The van der Waals surface area contributed by atoms with Gasteiger partial charge in [0.25, 0.3) is 0 Å². The number of nitrogens with one attached hydrogen (secondary N) is 2. The molecule has 2 saturated carbocycles. The van der Waals surface area contributed by atoms with Gasteiger partial charge in [0.2, 0.25) is 5.91 Å². The van der Waals surface area contributed by atoms with E-state index in [9.17, 15) is 4.79 Å². The van der Waals surface area contributed by atoms with Gasteiger partial charge in [-0.2, -0.15) is 0 Å². The molecular weight excluding hydrogens is 300 g/mol. The van der Waals surface area contributed by atoms with E-state index < -0.39 is 0 Å². The Bertz CT molecular complexity index is 445. The minimum absolute atomic E-state index is 0.202. The molecule has 1 saturated heterocycles. The first kappa shape index (κ1) is 17.6. The van der Waals surface area contributed by atoms with Gasteiger partial charge >= 0.3 is 0 Å². The van der Waals surface area contributed by atoms with Crippen LogP contribution in [0.25, 0.3) is 0 Å². The fourth-order valence-corrected chi connectivity index (χ4v) is 4.81. The Balaban J connectivity index is 1.42. The number of nitrogens with zero attached hydrogens (tertiary/aromatic N) is 2. The third kappa shape index (κ3) is 4.64. The number of amides is 1. The van der Waals surface area contributed by atoms with Crippen molar-refractivity contribution in [3.63, 3.8) is 0 Å². The van der Waals surface area contributed by atoms with E-state index in [0.29, 0.717) is 12.6 Å². The van der Waals surface area contributed by atoms with Gasteiger partial charge in [-0.1, -0.05) is 25.7 Å². The van der Waals surface area contributed by atoms with Crippen molar-refractivity contribution in [2.24, 2.45) is 16.8 Å². The molecule has 3 atom stereocenters. The smallest absolute Gasteiger partial charge is 0.241 e. The molecule has 136 valence electrons. The molecule has 3 fully saturated rings. The summed E-state index contributed by atoms with van der Waals surface area (Å²) in [4.78, 5) is 18.6. The van der Waals surface area contributed by atoms with E-state index in [1.165, 1.54) is 51.4 Å². The molecule has 2 aliphatic carbocycles. The maximum absolute atomic E-state index is 12.3. The third-order valence-corrected chi connectivity index (χ3v) is 6.22. The number of carbonyl (C=O) groups is 1. The second-order valence-corrected chi connectivity index (χ2v) is 7.83. The fourth-order valence-electron chi connectivity index (χ4n) is 4.81. The molecule has 5 nitrogen and oxygen atoms in total. The van der Waals surface area contributed by atoms with Crippen LogP contribution >= 0.6 is 0 Å². The van der Waals surface area contributed by atoms with E-state index in [1.54, 1.807) is 7.05 Å². The first-order chi connectivity index (χ1) is 11.8. The van der Waals surface area contributed by atoms with Gasteiger partial charge < -0.3 is 15.5 Å². The molecule has 24 heavy (non-hydrogen) atoms. The van der Waals surface area contributed by atoms with Gasteiger partial charge in [-0.05, 0) is 50.4 Å². The number of aliphatic imine (C=N–C) groups is 1. The number of hydrogen-bond donors (Lipinski definition) is 2. The molecule has 0 bridgehead atoms. The highest BCUT2D eigenvalue weighted by molar-refractivity contribution is 5.86. The predicted octanol–water partition coefficient (Wildman–Crippen LogP) is 2.52. The molecule has 0 radical (unpaired) electrons. The summed E-state index contributed by atoms with van der Waals surface area (Å²) in [5, 5.41) is 6.80. The summed E-state index contributed by atoms with van der Waals surface area (Å²) < 4.78 is 0. The van der Waals surface area contributed by atoms with Gasteiger partial charge in [-0.15, -0.1) is 0 Å². The van der Waals surface area contributed by atoms with Crippen LogP contribution in [-0.2, 0) is 4.79 Å². The molecule has 0 aromatic carbocycles. The van der Waals surface area contributed by atoms with Crippen LogP contribution < -0.4 is 10.6 Å². The first-order valence-electron chi connectivity index (χ1n) is 10.0. The zero-order valence-corrected chi connectivity index (χ0v) is 15.2. The second kappa shape index (κ2) is 8.72. The van der Waals surface area contributed by atoms with Gasteiger partial charge in [-0.3, -0.25) is 9.79 Å². The number of hydrogen-bond acceptors (Lipinski definition) is 2. The Hall–Kier alpha value is -1.26. The molecule has 0 aromatic rings. The van der Waals surface area contributed by atoms with Crippen molar-refractivity contribution in [2.45, 2.75) is 70.3 Å². The molecular formula is C19H34N4O. The lowest BCUT2D eigenvalue weighted by Gasteiger charge is -2.39. The van der Waals surface area contributed by atoms with Crippen molar-refractivity contribution in [1.29, 1.82) is 0 Å². The molecule has 2 N–H and O–H groups in total. The zero-order valence-electron chi connectivity index (χ0n) is 15.2. The Morgan fingerprint density at radius 1 is 1.00 bits per heavy atom. The molecule has 0 aromatic heterocycles. The van der Waals surface area contributed by atoms with Crippen molar-refractivity contribution in [3.8, 4) is 0 Å². The number of likely N-dealkylation sites (tertiary alicyclic amines) is 1. The summed E-state index contributed by atoms with van der Waals surface area (Å²) in [5.41, 5.74) is 0. The number of piperidine rings is 1. The number of guanidine groups is 1. The average molecular weight is 335 g/mol. The highest BCUT2D eigenvalue weighted by Crippen LogP contribution is 2.40. The standard InChI is InChI=1S/C19H34N4O/c1-20-19(21-14-18(24)23-11-5-2-6-12-23)22-17-10-9-15-7-3-4-8-16(15)13-17/h15-17H,2-14H2,1H3,(H2,20,21,22). The normalized spacial score (nSPS) is 31.3. The van der Waals surface area contributed by atoms with Crippen LogP contribution in [-0.4, -0.2) is 49.5 Å². The van der Waals surface area contributed by atoms with Crippen LogP contribution in [0.1, 0.15) is 64.2 Å². The van der Waals surface area contributed by atoms with Crippen LogP contribution in [0.2, 0.25) is 0 Å². The Morgan fingerprint density at radius 3 is 2.50 bits per heavy atom. The van der Waals surface area contributed by atoms with Crippen LogP contribution in [0.3, 0.4) is 0 Å². The summed E-state index contributed by atoms with van der Waals surface area (Å²) in [7, 11) is 1.80. The van der Waals surface area contributed by atoms with Gasteiger partial charge in [-0.25, -0.2) is 0 Å². The molecule has 1 heterocycles. The van der Waals surface area contributed by atoms with E-state index in [1.807, 2.05) is 4.90 Å². The van der Waals surface area contributed by atoms with Crippen molar-refractivity contribution in [3.05, 3.63) is 0 Å². The van der Waals surface area contributed by atoms with E-state index in [4.69, 9.17) is 0 Å². The Labute approximate surface area is 146 Å². The van der Waals surface area contributed by atoms with Gasteiger partial charge in [0.1, 0.15) is 0 Å². The summed E-state index contributed by atoms with van der Waals surface area (Å²) in [6.45, 7) is 2.19. The van der Waals surface area contributed by atoms with Crippen molar-refractivity contribution >= 4 is 11.9 Å². The molecule has 1 aliphatic heterocycles. The molecule has 0 spiro atoms. The second-order valence-electron chi connectivity index (χ2n) is 7.83. The van der Waals surface area contributed by atoms with E-state index in [-0.39, 0.29) is 5.91 Å². The van der Waals surface area contributed by atoms with Crippen molar-refractivity contribution < 1.29 is 4.79 Å². The van der Waals surface area contributed by atoms with E-state index >= 15 is 0 Å². The Morgan fingerprint density at radius 2 is 1.75 bits per heavy atom. The maximum atomic E-state index is 12.3. The molecule has 3 aliphatic rings. The quantitative estimate of drug-likeness (QED) is 0.616. The summed E-state index contributed by atoms with van der Waals surface area (Å²) in [6, 6.07) is 0.514. The molecule has 3 rings (SSSR count). The molecule has 3 unspecified atom stereocenters. The van der Waals surface area contributed by atoms with Crippen LogP contribution in [0.5, 0.6) is 0 Å². The van der Waals surface area contributed by atoms with E-state index in [0.717, 1.165) is 43.7 Å². The largest absolute Gasteiger partial charge is 0.354 e. The highest BCUT2D eigenvalue weighted by Gasteiger charge is 2.32. The van der Waals surface area contributed by atoms with Crippen molar-refractivity contribution in [2.75, 3.05) is 26.7 Å². The lowest BCUT2D eigenvalue weighted by molar-refractivity contribution is -0.130. The van der Waals surface area contributed by atoms with Gasteiger partial charge in [0, 0.05) is 26.2 Å². The third-order valence-electron chi connectivity index (χ3n) is 6.22. The van der Waals surface area contributed by atoms with Crippen LogP contribution in [0.4, 0.5) is 0 Å². The zero-order chi connectivity index (χ0) is 16.8.